The van der Waals surface area contributed by atoms with E-state index in [1.165, 1.54) is 11.3 Å². The maximum Gasteiger partial charge on any atom is 0.228 e. The normalized spacial score (nSPS) is 9.86. The lowest BCUT2D eigenvalue weighted by Gasteiger charge is -2.02. The van der Waals surface area contributed by atoms with Gasteiger partial charge in [-0.1, -0.05) is 25.2 Å². The Bertz CT molecular complexity index is 367. The number of nitrogens with one attached hydrogen (secondary N) is 1. The van der Waals surface area contributed by atoms with Gasteiger partial charge in [0.1, 0.15) is 5.40 Å². The molecule has 0 aliphatic rings. The van der Waals surface area contributed by atoms with Crippen LogP contribution in [0.15, 0.2) is 10.4 Å². The van der Waals surface area contributed by atoms with Crippen LogP contribution in [0.2, 0.25) is 0 Å². The molecule has 74 valence electrons. The summed E-state index contributed by atoms with van der Waals surface area (Å²) in [6.07, 6.45) is 1.58. The molecule has 0 atom stereocenters. The monoisotopic (exact) mass is 227 g/mol. The molecule has 0 saturated carbocycles. The van der Waals surface area contributed by atoms with Gasteiger partial charge in [-0.2, -0.15) is 5.26 Å². The first-order chi connectivity index (χ1) is 6.63. The van der Waals surface area contributed by atoms with Crippen LogP contribution in [0, 0.1) is 16.6 Å². The molecule has 0 aliphatic carbocycles. The number of thiazole rings is 1. The fourth-order valence-electron chi connectivity index (χ4n) is 0.659. The van der Waals surface area contributed by atoms with E-state index in [1.54, 1.807) is 6.20 Å². The summed E-state index contributed by atoms with van der Waals surface area (Å²) < 4.78 is 0.784. The molecule has 1 aromatic rings. The summed E-state index contributed by atoms with van der Waals surface area (Å²) in [4.78, 5) is 15.2. The lowest BCUT2D eigenvalue weighted by molar-refractivity contribution is -0.118. The molecule has 6 heteroatoms. The highest BCUT2D eigenvalue weighted by Gasteiger charge is 2.09. The van der Waals surface area contributed by atoms with Crippen LogP contribution in [0.3, 0.4) is 0 Å². The highest BCUT2D eigenvalue weighted by Crippen LogP contribution is 2.27. The Morgan fingerprint density at radius 2 is 2.50 bits per heavy atom. The van der Waals surface area contributed by atoms with Crippen LogP contribution in [0.1, 0.15) is 13.8 Å². The summed E-state index contributed by atoms with van der Waals surface area (Å²) in [6.45, 7) is 3.63. The zero-order valence-electron chi connectivity index (χ0n) is 7.77. The van der Waals surface area contributed by atoms with Crippen molar-refractivity contribution in [1.29, 1.82) is 5.26 Å². The minimum absolute atomic E-state index is 0.0622. The van der Waals surface area contributed by atoms with Crippen molar-refractivity contribution >= 4 is 34.1 Å². The number of thiocyanates is 1. The van der Waals surface area contributed by atoms with Gasteiger partial charge in [0.2, 0.25) is 5.91 Å². The first-order valence-electron chi connectivity index (χ1n) is 3.96. The molecule has 0 unspecified atom stereocenters. The first kappa shape index (κ1) is 11.0. The average molecular weight is 227 g/mol. The molecule has 0 aromatic carbocycles. The summed E-state index contributed by atoms with van der Waals surface area (Å²) in [6, 6.07) is 0. The molecule has 1 rings (SSSR count). The number of anilines is 1. The summed E-state index contributed by atoms with van der Waals surface area (Å²) in [5.41, 5.74) is 0. The van der Waals surface area contributed by atoms with Gasteiger partial charge in [0.15, 0.2) is 5.13 Å². The maximum absolute atomic E-state index is 11.3. The molecule has 0 saturated heterocycles. The van der Waals surface area contributed by atoms with Crippen LogP contribution in [-0.2, 0) is 4.79 Å². The van der Waals surface area contributed by atoms with Crippen molar-refractivity contribution in [2.75, 3.05) is 5.32 Å². The zero-order chi connectivity index (χ0) is 10.6. The first-order valence-corrected chi connectivity index (χ1v) is 5.59. The minimum Gasteiger partial charge on any atom is -0.302 e. The zero-order valence-corrected chi connectivity index (χ0v) is 9.41. The van der Waals surface area contributed by atoms with Gasteiger partial charge >= 0.3 is 0 Å². The van der Waals surface area contributed by atoms with Crippen molar-refractivity contribution in [3.8, 4) is 5.40 Å². The Labute approximate surface area is 90.3 Å². The maximum atomic E-state index is 11.3. The van der Waals surface area contributed by atoms with Crippen molar-refractivity contribution in [3.63, 3.8) is 0 Å². The molecule has 14 heavy (non-hydrogen) atoms. The quantitative estimate of drug-likeness (QED) is 0.635. The molecular formula is C8H9N3OS2. The van der Waals surface area contributed by atoms with Crippen molar-refractivity contribution < 1.29 is 4.79 Å². The number of carbonyl (C=O) groups is 1. The van der Waals surface area contributed by atoms with E-state index in [0.29, 0.717) is 5.13 Å². The number of carbonyl (C=O) groups excluding carboxylic acids is 1. The molecule has 0 aliphatic heterocycles. The smallest absolute Gasteiger partial charge is 0.228 e. The summed E-state index contributed by atoms with van der Waals surface area (Å²) >= 11 is 2.34. The second-order valence-electron chi connectivity index (χ2n) is 2.82. The van der Waals surface area contributed by atoms with Crippen molar-refractivity contribution in [2.24, 2.45) is 5.92 Å². The minimum atomic E-state index is -0.0639. The number of nitriles is 1. The van der Waals surface area contributed by atoms with Gasteiger partial charge < -0.3 is 5.32 Å². The van der Waals surface area contributed by atoms with Gasteiger partial charge in [0.25, 0.3) is 0 Å². The predicted octanol–water partition coefficient (Wildman–Crippen LogP) is 2.31. The number of amides is 1. The molecule has 1 N–H and O–H groups in total. The Morgan fingerprint density at radius 1 is 1.79 bits per heavy atom. The standard InChI is InChI=1S/C8H9N3OS2/c1-5(2)7(12)11-8-10-3-6(14-8)13-4-9/h3,5H,1-2H3,(H,10,11,12). The molecule has 1 aromatic heterocycles. The topological polar surface area (TPSA) is 65.8 Å². The highest BCUT2D eigenvalue weighted by molar-refractivity contribution is 8.05. The van der Waals surface area contributed by atoms with E-state index < -0.39 is 0 Å². The average Bonchev–Trinajstić information content (AvgIpc) is 2.53. The van der Waals surface area contributed by atoms with Crippen LogP contribution in [0.25, 0.3) is 0 Å². The summed E-state index contributed by atoms with van der Waals surface area (Å²) in [5, 5.41) is 13.6. The second kappa shape index (κ2) is 4.98. The number of hydrogen-bond donors (Lipinski definition) is 1. The molecule has 1 amide bonds. The van der Waals surface area contributed by atoms with Crippen LogP contribution < -0.4 is 5.32 Å². The number of rotatable bonds is 3. The number of nitrogens with zero attached hydrogens (tertiary/aromatic N) is 2. The Hall–Kier alpha value is -1.06. The highest BCUT2D eigenvalue weighted by atomic mass is 32.2. The SMILES string of the molecule is CC(C)C(=O)Nc1ncc(SC#N)s1. The van der Waals surface area contributed by atoms with E-state index in [-0.39, 0.29) is 11.8 Å². The molecule has 1 heterocycles. The van der Waals surface area contributed by atoms with Gasteiger partial charge in [0.05, 0.1) is 10.4 Å². The van der Waals surface area contributed by atoms with E-state index in [4.69, 9.17) is 5.26 Å². The Balaban J connectivity index is 2.60. The molecule has 0 bridgehead atoms. The van der Waals surface area contributed by atoms with Gasteiger partial charge in [-0.25, -0.2) is 4.98 Å². The van der Waals surface area contributed by atoms with E-state index in [1.807, 2.05) is 19.2 Å². The van der Waals surface area contributed by atoms with E-state index in [2.05, 4.69) is 10.3 Å². The molecule has 0 fully saturated rings. The Morgan fingerprint density at radius 3 is 3.07 bits per heavy atom. The third kappa shape index (κ3) is 3.01. The van der Waals surface area contributed by atoms with Gasteiger partial charge in [-0.3, -0.25) is 4.79 Å². The van der Waals surface area contributed by atoms with E-state index >= 15 is 0 Å². The Kier molecular flexibility index (Phi) is 3.92. The van der Waals surface area contributed by atoms with E-state index in [9.17, 15) is 4.79 Å². The van der Waals surface area contributed by atoms with Gasteiger partial charge in [-0.15, -0.1) is 0 Å². The lowest BCUT2D eigenvalue weighted by atomic mass is 10.2. The fourth-order valence-corrected chi connectivity index (χ4v) is 1.92. The predicted molar refractivity (Wildman–Crippen MR) is 57.1 cm³/mol. The van der Waals surface area contributed by atoms with Crippen molar-refractivity contribution in [2.45, 2.75) is 18.1 Å². The summed E-state index contributed by atoms with van der Waals surface area (Å²) in [5.74, 6) is -0.126. The van der Waals surface area contributed by atoms with E-state index in [0.717, 1.165) is 16.0 Å². The van der Waals surface area contributed by atoms with Crippen LogP contribution >= 0.6 is 23.1 Å². The largest absolute Gasteiger partial charge is 0.302 e. The van der Waals surface area contributed by atoms with Gasteiger partial charge in [-0.05, 0) is 0 Å². The van der Waals surface area contributed by atoms with Crippen LogP contribution in [0.4, 0.5) is 5.13 Å². The van der Waals surface area contributed by atoms with Crippen molar-refractivity contribution in [1.82, 2.24) is 4.98 Å². The number of aromatic nitrogens is 1. The number of thioether (sulfide) groups is 1. The fraction of sp³-hybridized carbons (Fsp3) is 0.375. The number of hydrogen-bond acceptors (Lipinski definition) is 5. The van der Waals surface area contributed by atoms with Crippen LogP contribution in [-0.4, -0.2) is 10.9 Å². The van der Waals surface area contributed by atoms with Gasteiger partial charge in [0, 0.05) is 17.7 Å². The van der Waals surface area contributed by atoms with Crippen molar-refractivity contribution in [3.05, 3.63) is 6.20 Å². The second-order valence-corrected chi connectivity index (χ2v) is 4.94. The third-order valence-corrected chi connectivity index (χ3v) is 2.99. The third-order valence-electron chi connectivity index (χ3n) is 1.39. The molecular weight excluding hydrogens is 218 g/mol. The summed E-state index contributed by atoms with van der Waals surface area (Å²) in [7, 11) is 0. The van der Waals surface area contributed by atoms with Crippen LogP contribution in [0.5, 0.6) is 0 Å². The molecule has 4 nitrogen and oxygen atoms in total. The lowest BCUT2D eigenvalue weighted by Crippen LogP contribution is -2.17. The molecule has 0 radical (unpaired) electrons. The molecule has 0 spiro atoms.